The number of hydrogen-bond donors (Lipinski definition) is 1. The van der Waals surface area contributed by atoms with E-state index in [1.165, 1.54) is 6.42 Å². The fourth-order valence-electron chi connectivity index (χ4n) is 3.80. The maximum absolute atomic E-state index is 14.2. The van der Waals surface area contributed by atoms with Gasteiger partial charge in [-0.05, 0) is 55.8 Å². The molecule has 0 aliphatic heterocycles. The third-order valence-corrected chi connectivity index (χ3v) is 4.93. The van der Waals surface area contributed by atoms with E-state index in [4.69, 9.17) is 0 Å². The lowest BCUT2D eigenvalue weighted by atomic mass is 9.65. The van der Waals surface area contributed by atoms with Gasteiger partial charge in [-0.3, -0.25) is 0 Å². The van der Waals surface area contributed by atoms with Gasteiger partial charge in [0.25, 0.3) is 0 Å². The highest BCUT2D eigenvalue weighted by atomic mass is 19.1. The molecular weight excluding hydrogens is 203 g/mol. The van der Waals surface area contributed by atoms with Crippen LogP contribution in [-0.2, 0) is 0 Å². The Kier molecular flexibility index (Phi) is 3.89. The van der Waals surface area contributed by atoms with Crippen LogP contribution in [0.3, 0.4) is 0 Å². The highest BCUT2D eigenvalue weighted by molar-refractivity contribution is 4.89. The van der Waals surface area contributed by atoms with Gasteiger partial charge in [-0.25, -0.2) is 4.39 Å². The van der Waals surface area contributed by atoms with Crippen molar-refractivity contribution in [3.63, 3.8) is 0 Å². The minimum atomic E-state index is -0.633. The molecule has 16 heavy (non-hydrogen) atoms. The number of alkyl halides is 1. The van der Waals surface area contributed by atoms with E-state index in [1.807, 2.05) is 6.92 Å². The van der Waals surface area contributed by atoms with Gasteiger partial charge in [0.05, 0.1) is 6.10 Å². The highest BCUT2D eigenvalue weighted by Crippen LogP contribution is 2.44. The quantitative estimate of drug-likeness (QED) is 0.727. The molecule has 2 fully saturated rings. The van der Waals surface area contributed by atoms with Crippen LogP contribution < -0.4 is 0 Å². The van der Waals surface area contributed by atoms with E-state index in [1.54, 1.807) is 0 Å². The summed E-state index contributed by atoms with van der Waals surface area (Å²) in [5, 5.41) is 9.76. The van der Waals surface area contributed by atoms with Crippen LogP contribution in [0, 0.1) is 23.7 Å². The predicted molar refractivity (Wildman–Crippen MR) is 63.9 cm³/mol. The summed E-state index contributed by atoms with van der Waals surface area (Å²) in [5.41, 5.74) is 0. The average molecular weight is 228 g/mol. The average Bonchev–Trinajstić information content (AvgIpc) is 2.26. The van der Waals surface area contributed by atoms with Crippen LogP contribution in [0.15, 0.2) is 0 Å². The number of halogens is 1. The summed E-state index contributed by atoms with van der Waals surface area (Å²) >= 11 is 0. The summed E-state index contributed by atoms with van der Waals surface area (Å²) in [7, 11) is 0. The lowest BCUT2D eigenvalue weighted by molar-refractivity contribution is -0.00725. The maximum atomic E-state index is 14.2. The van der Waals surface area contributed by atoms with E-state index in [0.717, 1.165) is 32.1 Å². The molecule has 0 spiro atoms. The van der Waals surface area contributed by atoms with Crippen LogP contribution in [0.1, 0.15) is 52.4 Å². The van der Waals surface area contributed by atoms with Crippen molar-refractivity contribution < 1.29 is 9.50 Å². The molecule has 0 aromatic rings. The highest BCUT2D eigenvalue weighted by Gasteiger charge is 2.40. The van der Waals surface area contributed by atoms with Crippen LogP contribution in [0.5, 0.6) is 0 Å². The largest absolute Gasteiger partial charge is 0.393 e. The Morgan fingerprint density at radius 2 is 1.69 bits per heavy atom. The molecule has 0 saturated heterocycles. The van der Waals surface area contributed by atoms with E-state index in [2.05, 4.69) is 6.92 Å². The van der Waals surface area contributed by atoms with Crippen LogP contribution in [0.25, 0.3) is 0 Å². The number of hydrogen-bond acceptors (Lipinski definition) is 1. The Labute approximate surface area is 98.4 Å². The molecule has 0 bridgehead atoms. The molecule has 2 heteroatoms. The first kappa shape index (κ1) is 12.3. The monoisotopic (exact) mass is 228 g/mol. The van der Waals surface area contributed by atoms with Gasteiger partial charge in [-0.1, -0.05) is 20.3 Å². The van der Waals surface area contributed by atoms with Crippen molar-refractivity contribution in [2.75, 3.05) is 0 Å². The smallest absolute Gasteiger partial charge is 0.106 e. The minimum absolute atomic E-state index is 0.175. The van der Waals surface area contributed by atoms with Gasteiger partial charge in [0.2, 0.25) is 0 Å². The second-order valence-electron chi connectivity index (χ2n) is 6.12. The zero-order valence-corrected chi connectivity index (χ0v) is 10.5. The fourth-order valence-corrected chi connectivity index (χ4v) is 3.80. The standard InChI is InChI=1S/C14H25FO/c1-9-6-7-11(16)8-13(9)12-5-3-4-10(2)14(12)15/h9-14,16H,3-8H2,1-2H3. The fraction of sp³-hybridized carbons (Fsp3) is 1.00. The Hall–Kier alpha value is -0.110. The van der Waals surface area contributed by atoms with Gasteiger partial charge < -0.3 is 5.11 Å². The number of aliphatic hydroxyl groups is 1. The second kappa shape index (κ2) is 5.03. The first-order chi connectivity index (χ1) is 7.59. The number of aliphatic hydroxyl groups excluding tert-OH is 1. The van der Waals surface area contributed by atoms with Gasteiger partial charge in [0.1, 0.15) is 6.17 Å². The third kappa shape index (κ3) is 2.42. The van der Waals surface area contributed by atoms with Gasteiger partial charge >= 0.3 is 0 Å². The maximum Gasteiger partial charge on any atom is 0.106 e. The van der Waals surface area contributed by atoms with E-state index in [0.29, 0.717) is 11.8 Å². The Morgan fingerprint density at radius 1 is 0.938 bits per heavy atom. The molecule has 94 valence electrons. The summed E-state index contributed by atoms with van der Waals surface area (Å²) in [4.78, 5) is 0. The Balaban J connectivity index is 2.03. The second-order valence-corrected chi connectivity index (χ2v) is 6.12. The van der Waals surface area contributed by atoms with E-state index in [9.17, 15) is 9.50 Å². The first-order valence-corrected chi connectivity index (χ1v) is 6.91. The van der Waals surface area contributed by atoms with Gasteiger partial charge in [-0.15, -0.1) is 0 Å². The van der Waals surface area contributed by atoms with Crippen LogP contribution >= 0.6 is 0 Å². The molecule has 2 saturated carbocycles. The van der Waals surface area contributed by atoms with E-state index in [-0.39, 0.29) is 17.9 Å². The zero-order valence-electron chi connectivity index (χ0n) is 10.5. The van der Waals surface area contributed by atoms with Crippen molar-refractivity contribution in [3.8, 4) is 0 Å². The van der Waals surface area contributed by atoms with E-state index < -0.39 is 6.17 Å². The molecule has 2 aliphatic rings. The van der Waals surface area contributed by atoms with Crippen LogP contribution in [-0.4, -0.2) is 17.4 Å². The molecule has 2 rings (SSSR count). The third-order valence-electron chi connectivity index (χ3n) is 4.93. The molecule has 0 aromatic carbocycles. The van der Waals surface area contributed by atoms with Crippen molar-refractivity contribution in [1.29, 1.82) is 0 Å². The normalized spacial score (nSPS) is 50.2. The van der Waals surface area contributed by atoms with Gasteiger partial charge in [0.15, 0.2) is 0 Å². The SMILES string of the molecule is CC1CCCC(C2CC(O)CCC2C)C1F. The van der Waals surface area contributed by atoms with Crippen LogP contribution in [0.4, 0.5) is 4.39 Å². The molecule has 0 amide bonds. The Morgan fingerprint density at radius 3 is 2.44 bits per heavy atom. The summed E-state index contributed by atoms with van der Waals surface area (Å²) in [5.74, 6) is 1.46. The molecule has 1 nitrogen and oxygen atoms in total. The van der Waals surface area contributed by atoms with Crippen molar-refractivity contribution in [3.05, 3.63) is 0 Å². The molecule has 6 unspecified atom stereocenters. The molecule has 0 radical (unpaired) electrons. The molecule has 0 aromatic heterocycles. The predicted octanol–water partition coefficient (Wildman–Crippen LogP) is 3.56. The lowest BCUT2D eigenvalue weighted by Crippen LogP contribution is -2.40. The van der Waals surface area contributed by atoms with Crippen molar-refractivity contribution >= 4 is 0 Å². The Bertz CT molecular complexity index is 231. The molecule has 2 aliphatic carbocycles. The van der Waals surface area contributed by atoms with Crippen molar-refractivity contribution in [2.24, 2.45) is 23.7 Å². The molecule has 1 N–H and O–H groups in total. The van der Waals surface area contributed by atoms with Crippen molar-refractivity contribution in [2.45, 2.75) is 64.6 Å². The topological polar surface area (TPSA) is 20.2 Å². The number of rotatable bonds is 1. The summed E-state index contributed by atoms with van der Waals surface area (Å²) in [6.45, 7) is 4.28. The summed E-state index contributed by atoms with van der Waals surface area (Å²) < 4.78 is 14.2. The summed E-state index contributed by atoms with van der Waals surface area (Å²) in [6.07, 6.45) is 5.26. The minimum Gasteiger partial charge on any atom is -0.393 e. The molecule has 6 atom stereocenters. The zero-order chi connectivity index (χ0) is 11.7. The van der Waals surface area contributed by atoms with Crippen molar-refractivity contribution in [1.82, 2.24) is 0 Å². The molecule has 0 heterocycles. The summed E-state index contributed by atoms with van der Waals surface area (Å²) in [6, 6.07) is 0. The first-order valence-electron chi connectivity index (χ1n) is 6.91. The molecular formula is C14H25FO. The lowest BCUT2D eigenvalue weighted by Gasteiger charge is -2.42. The van der Waals surface area contributed by atoms with Crippen LogP contribution in [0.2, 0.25) is 0 Å². The van der Waals surface area contributed by atoms with E-state index >= 15 is 0 Å². The van der Waals surface area contributed by atoms with Gasteiger partial charge in [-0.2, -0.15) is 0 Å². The van der Waals surface area contributed by atoms with Gasteiger partial charge in [0, 0.05) is 0 Å².